The average Bonchev–Trinajstić information content (AvgIpc) is 3.16. The highest BCUT2D eigenvalue weighted by atomic mass is 31.1. The van der Waals surface area contributed by atoms with Gasteiger partial charge in [0.1, 0.15) is 0 Å². The van der Waals surface area contributed by atoms with E-state index in [0.29, 0.717) is 12.1 Å². The van der Waals surface area contributed by atoms with Gasteiger partial charge in [-0.25, -0.2) is 0 Å². The van der Waals surface area contributed by atoms with Crippen LogP contribution < -0.4 is 0 Å². The van der Waals surface area contributed by atoms with Crippen LogP contribution in [0.25, 0.3) is 0 Å². The second-order valence-electron chi connectivity index (χ2n) is 10.1. The van der Waals surface area contributed by atoms with Crippen molar-refractivity contribution in [2.75, 3.05) is 0 Å². The van der Waals surface area contributed by atoms with E-state index in [9.17, 15) is 0 Å². The van der Waals surface area contributed by atoms with Crippen LogP contribution in [0.15, 0.2) is 0 Å². The Morgan fingerprint density at radius 1 is 0.577 bits per heavy atom. The maximum atomic E-state index is 3.02. The van der Waals surface area contributed by atoms with Crippen LogP contribution >= 0.6 is 7.92 Å². The predicted molar refractivity (Wildman–Crippen MR) is 119 cm³/mol. The normalized spacial score (nSPS) is 25.8. The van der Waals surface area contributed by atoms with Crippen LogP contribution in [0.2, 0.25) is 0 Å². The molecule has 26 heavy (non-hydrogen) atoms. The van der Waals surface area contributed by atoms with Crippen molar-refractivity contribution in [1.82, 2.24) is 4.90 Å². The summed E-state index contributed by atoms with van der Waals surface area (Å²) in [5, 5.41) is 0. The molecule has 1 nitrogen and oxygen atoms in total. The first-order valence-corrected chi connectivity index (χ1v) is 13.7. The number of rotatable bonds is 7. The van der Waals surface area contributed by atoms with Crippen molar-refractivity contribution in [2.24, 2.45) is 5.92 Å². The van der Waals surface area contributed by atoms with Crippen LogP contribution in [0, 0.1) is 5.92 Å². The van der Waals surface area contributed by atoms with E-state index in [4.69, 9.17) is 0 Å². The molecule has 0 aromatic rings. The van der Waals surface area contributed by atoms with Crippen LogP contribution in [-0.2, 0) is 0 Å². The highest BCUT2D eigenvalue weighted by Gasteiger charge is 2.44. The Hall–Kier alpha value is 0.390. The molecule has 0 radical (unpaired) electrons. The Bertz CT molecular complexity index is 363. The van der Waals surface area contributed by atoms with E-state index >= 15 is 0 Å². The number of hydrogen-bond donors (Lipinski definition) is 0. The fraction of sp³-hybridized carbons (Fsp3) is 1.00. The molecular weight excluding hydrogens is 333 g/mol. The fourth-order valence-corrected chi connectivity index (χ4v) is 11.6. The summed E-state index contributed by atoms with van der Waals surface area (Å²) in [7, 11) is 0.150. The molecule has 3 aliphatic rings. The standard InChI is InChI=1S/C24H46NP/c1-19(2)25(20(3)4)24(21-13-11-12-14-21)26(22-15-7-5-8-16-22)23-17-9-6-10-18-23/h19-24H,5-18H2,1-4H3. The second-order valence-corrected chi connectivity index (χ2v) is 13.0. The van der Waals surface area contributed by atoms with Crippen molar-refractivity contribution >= 4 is 7.92 Å². The Kier molecular flexibility index (Phi) is 8.32. The van der Waals surface area contributed by atoms with Gasteiger partial charge >= 0.3 is 0 Å². The lowest BCUT2D eigenvalue weighted by Gasteiger charge is -2.52. The van der Waals surface area contributed by atoms with Crippen molar-refractivity contribution in [3.8, 4) is 0 Å². The zero-order valence-corrected chi connectivity index (χ0v) is 19.2. The van der Waals surface area contributed by atoms with E-state index in [1.54, 1.807) is 25.7 Å². The van der Waals surface area contributed by atoms with Crippen molar-refractivity contribution < 1.29 is 0 Å². The molecule has 0 amide bonds. The maximum Gasteiger partial charge on any atom is 0.0335 e. The van der Waals surface area contributed by atoms with Gasteiger partial charge in [0, 0.05) is 17.9 Å². The van der Waals surface area contributed by atoms with Crippen molar-refractivity contribution in [2.45, 2.75) is 147 Å². The fourth-order valence-electron chi connectivity index (χ4n) is 6.59. The van der Waals surface area contributed by atoms with Crippen molar-refractivity contribution in [1.29, 1.82) is 0 Å². The van der Waals surface area contributed by atoms with Gasteiger partial charge in [-0.2, -0.15) is 0 Å². The molecule has 2 heteroatoms. The van der Waals surface area contributed by atoms with Gasteiger partial charge in [-0.3, -0.25) is 4.90 Å². The summed E-state index contributed by atoms with van der Waals surface area (Å²) in [5.74, 6) is 1.94. The van der Waals surface area contributed by atoms with Crippen LogP contribution in [0.4, 0.5) is 0 Å². The van der Waals surface area contributed by atoms with E-state index in [2.05, 4.69) is 32.6 Å². The summed E-state index contributed by atoms with van der Waals surface area (Å²) >= 11 is 0. The molecule has 0 heterocycles. The SMILES string of the molecule is CC(C)N(C(C)C)C(C1CCCC1)P(C1CCCCC1)C1CCCCC1. The molecule has 1 unspecified atom stereocenters. The minimum atomic E-state index is 0.150. The molecule has 3 aliphatic carbocycles. The van der Waals surface area contributed by atoms with Gasteiger partial charge < -0.3 is 0 Å². The average molecular weight is 380 g/mol. The Morgan fingerprint density at radius 2 is 0.962 bits per heavy atom. The van der Waals surface area contributed by atoms with E-state index in [1.807, 2.05) is 0 Å². The summed E-state index contributed by atoms with van der Waals surface area (Å²) < 4.78 is 0. The Labute approximate surface area is 165 Å². The van der Waals surface area contributed by atoms with E-state index in [-0.39, 0.29) is 7.92 Å². The summed E-state index contributed by atoms with van der Waals surface area (Å²) in [6.45, 7) is 9.93. The van der Waals surface area contributed by atoms with Gasteiger partial charge in [0.2, 0.25) is 0 Å². The van der Waals surface area contributed by atoms with Crippen LogP contribution in [0.5, 0.6) is 0 Å². The highest BCUT2D eigenvalue weighted by molar-refractivity contribution is 7.59. The molecular formula is C24H46NP. The molecule has 0 spiro atoms. The third kappa shape index (κ3) is 5.05. The molecule has 0 aliphatic heterocycles. The molecule has 0 aromatic carbocycles. The van der Waals surface area contributed by atoms with E-state index in [0.717, 1.165) is 23.0 Å². The predicted octanol–water partition coefficient (Wildman–Crippen LogP) is 7.77. The van der Waals surface area contributed by atoms with Gasteiger partial charge in [-0.1, -0.05) is 59.3 Å². The first kappa shape index (κ1) is 21.1. The Morgan fingerprint density at radius 3 is 1.35 bits per heavy atom. The molecule has 152 valence electrons. The summed E-state index contributed by atoms with van der Waals surface area (Å²) in [4.78, 5) is 3.02. The first-order valence-electron chi connectivity index (χ1n) is 12.1. The zero-order chi connectivity index (χ0) is 18.5. The van der Waals surface area contributed by atoms with Crippen LogP contribution in [0.3, 0.4) is 0 Å². The Balaban J connectivity index is 1.92. The molecule has 3 saturated carbocycles. The summed E-state index contributed by atoms with van der Waals surface area (Å²) in [6, 6.07) is 1.41. The zero-order valence-electron chi connectivity index (χ0n) is 18.3. The summed E-state index contributed by atoms with van der Waals surface area (Å²) in [5.41, 5.74) is 2.18. The van der Waals surface area contributed by atoms with Gasteiger partial charge in [0.05, 0.1) is 0 Å². The number of hydrogen-bond acceptors (Lipinski definition) is 1. The molecule has 1 atom stereocenters. The van der Waals surface area contributed by atoms with E-state index in [1.165, 1.54) is 64.2 Å². The molecule has 0 bridgehead atoms. The lowest BCUT2D eigenvalue weighted by Crippen LogP contribution is -2.49. The molecule has 3 fully saturated rings. The van der Waals surface area contributed by atoms with Gasteiger partial charge in [-0.15, -0.1) is 0 Å². The lowest BCUT2D eigenvalue weighted by molar-refractivity contribution is 0.121. The third-order valence-electron chi connectivity index (χ3n) is 7.62. The molecule has 0 aromatic heterocycles. The molecule has 0 N–H and O–H groups in total. The van der Waals surface area contributed by atoms with E-state index < -0.39 is 0 Å². The molecule has 3 rings (SSSR count). The quantitative estimate of drug-likeness (QED) is 0.408. The smallest absolute Gasteiger partial charge is 0.0335 e. The minimum Gasteiger partial charge on any atom is -0.291 e. The third-order valence-corrected chi connectivity index (χ3v) is 11.6. The van der Waals surface area contributed by atoms with Crippen LogP contribution in [-0.4, -0.2) is 34.1 Å². The first-order chi connectivity index (χ1) is 12.6. The van der Waals surface area contributed by atoms with Crippen LogP contribution in [0.1, 0.15) is 118 Å². The number of nitrogens with zero attached hydrogens (tertiary/aromatic N) is 1. The highest BCUT2D eigenvalue weighted by Crippen LogP contribution is 2.63. The van der Waals surface area contributed by atoms with Crippen molar-refractivity contribution in [3.05, 3.63) is 0 Å². The second kappa shape index (κ2) is 10.2. The monoisotopic (exact) mass is 379 g/mol. The largest absolute Gasteiger partial charge is 0.291 e. The summed E-state index contributed by atoms with van der Waals surface area (Å²) in [6.07, 6.45) is 21.4. The van der Waals surface area contributed by atoms with Gasteiger partial charge in [-0.05, 0) is 83.5 Å². The lowest BCUT2D eigenvalue weighted by atomic mass is 9.99. The van der Waals surface area contributed by atoms with Crippen molar-refractivity contribution in [3.63, 3.8) is 0 Å². The minimum absolute atomic E-state index is 0.150. The molecule has 0 saturated heterocycles. The van der Waals surface area contributed by atoms with Gasteiger partial charge in [0.25, 0.3) is 0 Å². The maximum absolute atomic E-state index is 3.02. The van der Waals surface area contributed by atoms with Gasteiger partial charge in [0.15, 0.2) is 0 Å². The topological polar surface area (TPSA) is 3.24 Å².